The number of hydrogen-bond donors (Lipinski definition) is 1. The molecule has 13 heavy (non-hydrogen) atoms. The van der Waals surface area contributed by atoms with Crippen molar-refractivity contribution in [2.24, 2.45) is 0 Å². The summed E-state index contributed by atoms with van der Waals surface area (Å²) in [5.41, 5.74) is -0.579. The van der Waals surface area contributed by atoms with Crippen molar-refractivity contribution >= 4 is 37.6 Å². The Kier molecular flexibility index (Phi) is 4.61. The van der Waals surface area contributed by atoms with Gasteiger partial charge in [0.05, 0.1) is 5.54 Å². The number of hydrogen-bond acceptors (Lipinski definition) is 2. The van der Waals surface area contributed by atoms with E-state index < -0.39 is 5.54 Å². The lowest BCUT2D eigenvalue weighted by Crippen LogP contribution is -2.56. The number of nitrogens with one attached hydrogen (secondary N) is 1. The maximum atomic E-state index is 11.7. The molecule has 0 heterocycles. The molecule has 0 amide bonds. The SMILES string of the molecule is CC(C)(C)NC(C)(C)C(=O)C(Br)Br. The lowest BCUT2D eigenvalue weighted by atomic mass is 9.95. The van der Waals surface area contributed by atoms with E-state index in [0.29, 0.717) is 0 Å². The molecular weight excluding hydrogens is 298 g/mol. The van der Waals surface area contributed by atoms with Crippen LogP contribution in [-0.4, -0.2) is 20.6 Å². The highest BCUT2D eigenvalue weighted by Gasteiger charge is 2.33. The van der Waals surface area contributed by atoms with Crippen LogP contribution in [0.2, 0.25) is 0 Å². The van der Waals surface area contributed by atoms with E-state index in [1.807, 2.05) is 34.6 Å². The van der Waals surface area contributed by atoms with E-state index in [-0.39, 0.29) is 15.1 Å². The van der Waals surface area contributed by atoms with Crippen LogP contribution in [0.15, 0.2) is 0 Å². The van der Waals surface area contributed by atoms with Gasteiger partial charge in [0.1, 0.15) is 3.74 Å². The molecule has 0 fully saturated rings. The fourth-order valence-corrected chi connectivity index (χ4v) is 2.42. The van der Waals surface area contributed by atoms with Gasteiger partial charge in [0.2, 0.25) is 0 Å². The molecule has 2 nitrogen and oxygen atoms in total. The maximum absolute atomic E-state index is 11.7. The monoisotopic (exact) mass is 313 g/mol. The van der Waals surface area contributed by atoms with Gasteiger partial charge in [-0.2, -0.15) is 0 Å². The van der Waals surface area contributed by atoms with Crippen LogP contribution in [0.1, 0.15) is 34.6 Å². The summed E-state index contributed by atoms with van der Waals surface area (Å²) in [5, 5.41) is 3.27. The van der Waals surface area contributed by atoms with Gasteiger partial charge < -0.3 is 5.32 Å². The standard InChI is InChI=1S/C9H17Br2NO/c1-8(2,3)12-9(4,5)6(13)7(10)11/h7,12H,1-5H3. The molecule has 0 unspecified atom stereocenters. The zero-order valence-electron chi connectivity index (χ0n) is 8.74. The molecule has 0 aromatic rings. The Morgan fingerprint density at radius 2 is 1.54 bits per heavy atom. The molecule has 0 radical (unpaired) electrons. The van der Waals surface area contributed by atoms with E-state index in [9.17, 15) is 4.79 Å². The number of rotatable bonds is 3. The number of carbonyl (C=O) groups is 1. The first-order valence-electron chi connectivity index (χ1n) is 4.18. The van der Waals surface area contributed by atoms with Gasteiger partial charge in [0.25, 0.3) is 0 Å². The average molecular weight is 315 g/mol. The summed E-state index contributed by atoms with van der Waals surface area (Å²) >= 11 is 6.42. The third kappa shape index (κ3) is 5.13. The largest absolute Gasteiger partial charge is 0.301 e. The molecule has 0 aliphatic carbocycles. The second kappa shape index (κ2) is 4.41. The molecule has 0 saturated carbocycles. The second-order valence-electron chi connectivity index (χ2n) is 4.66. The van der Waals surface area contributed by atoms with Gasteiger partial charge in [0.15, 0.2) is 5.78 Å². The van der Waals surface area contributed by atoms with Crippen LogP contribution < -0.4 is 5.32 Å². The number of carbonyl (C=O) groups excluding carboxylic acids is 1. The Balaban J connectivity index is 4.49. The second-order valence-corrected chi connectivity index (χ2v) is 7.73. The third-order valence-electron chi connectivity index (χ3n) is 1.50. The van der Waals surface area contributed by atoms with Crippen molar-refractivity contribution in [3.05, 3.63) is 0 Å². The molecule has 0 aromatic heterocycles. The minimum atomic E-state index is -0.518. The zero-order chi connectivity index (χ0) is 10.9. The first kappa shape index (κ1) is 13.6. The smallest absolute Gasteiger partial charge is 0.176 e. The first-order valence-corrected chi connectivity index (χ1v) is 6.01. The van der Waals surface area contributed by atoms with Crippen molar-refractivity contribution in [1.29, 1.82) is 0 Å². The van der Waals surface area contributed by atoms with Crippen LogP contribution in [0.5, 0.6) is 0 Å². The number of ketones is 1. The number of halogens is 2. The summed E-state index contributed by atoms with van der Waals surface area (Å²) in [6.07, 6.45) is 0. The Morgan fingerprint density at radius 1 is 1.15 bits per heavy atom. The minimum absolute atomic E-state index is 0.0615. The van der Waals surface area contributed by atoms with Crippen molar-refractivity contribution in [1.82, 2.24) is 5.32 Å². The molecule has 0 rings (SSSR count). The minimum Gasteiger partial charge on any atom is -0.301 e. The van der Waals surface area contributed by atoms with Crippen molar-refractivity contribution in [2.75, 3.05) is 0 Å². The van der Waals surface area contributed by atoms with Crippen LogP contribution in [0.25, 0.3) is 0 Å². The third-order valence-corrected chi connectivity index (χ3v) is 2.33. The van der Waals surface area contributed by atoms with Gasteiger partial charge in [-0.25, -0.2) is 0 Å². The Labute approximate surface area is 97.1 Å². The Hall–Kier alpha value is 0.590. The molecule has 0 aliphatic heterocycles. The van der Waals surface area contributed by atoms with E-state index in [0.717, 1.165) is 0 Å². The van der Waals surface area contributed by atoms with E-state index in [1.54, 1.807) is 0 Å². The molecule has 4 heteroatoms. The summed E-state index contributed by atoms with van der Waals surface area (Å²) in [6.45, 7) is 9.89. The number of Topliss-reactive ketones (excluding diaryl/α,β-unsaturated/α-hetero) is 1. The Bertz CT molecular complexity index is 194. The normalized spacial score (nSPS) is 13.5. The highest BCUT2D eigenvalue weighted by atomic mass is 79.9. The van der Waals surface area contributed by atoms with Crippen LogP contribution in [0.3, 0.4) is 0 Å². The van der Waals surface area contributed by atoms with E-state index in [1.165, 1.54) is 0 Å². The fourth-order valence-electron chi connectivity index (χ4n) is 1.27. The maximum Gasteiger partial charge on any atom is 0.176 e. The highest BCUT2D eigenvalue weighted by molar-refractivity contribution is 9.25. The average Bonchev–Trinajstić information content (AvgIpc) is 1.80. The highest BCUT2D eigenvalue weighted by Crippen LogP contribution is 2.20. The van der Waals surface area contributed by atoms with Crippen LogP contribution in [-0.2, 0) is 4.79 Å². The summed E-state index contributed by atoms with van der Waals surface area (Å²) in [5.74, 6) is 0.0995. The van der Waals surface area contributed by atoms with Gasteiger partial charge >= 0.3 is 0 Å². The summed E-state index contributed by atoms with van der Waals surface area (Å²) in [7, 11) is 0. The molecular formula is C9H17Br2NO. The molecule has 0 atom stereocenters. The Morgan fingerprint density at radius 3 is 1.77 bits per heavy atom. The summed E-state index contributed by atoms with van der Waals surface area (Å²) in [6, 6.07) is 0. The van der Waals surface area contributed by atoms with Crippen LogP contribution in [0, 0.1) is 0 Å². The first-order chi connectivity index (χ1) is 5.56. The topological polar surface area (TPSA) is 29.1 Å². The van der Waals surface area contributed by atoms with Gasteiger partial charge in [-0.1, -0.05) is 31.9 Å². The molecule has 0 aromatic carbocycles. The van der Waals surface area contributed by atoms with Crippen molar-refractivity contribution < 1.29 is 4.79 Å². The van der Waals surface area contributed by atoms with Crippen molar-refractivity contribution in [3.8, 4) is 0 Å². The molecule has 0 aliphatic rings. The lowest BCUT2D eigenvalue weighted by molar-refractivity contribution is -0.122. The van der Waals surface area contributed by atoms with Crippen LogP contribution in [0.4, 0.5) is 0 Å². The van der Waals surface area contributed by atoms with Gasteiger partial charge in [0, 0.05) is 5.54 Å². The van der Waals surface area contributed by atoms with Gasteiger partial charge in [-0.15, -0.1) is 0 Å². The van der Waals surface area contributed by atoms with E-state index in [4.69, 9.17) is 0 Å². The van der Waals surface area contributed by atoms with Crippen molar-refractivity contribution in [2.45, 2.75) is 49.4 Å². The van der Waals surface area contributed by atoms with Gasteiger partial charge in [-0.05, 0) is 34.6 Å². The fraction of sp³-hybridized carbons (Fsp3) is 0.889. The zero-order valence-corrected chi connectivity index (χ0v) is 11.9. The molecule has 0 saturated heterocycles. The summed E-state index contributed by atoms with van der Waals surface area (Å²) < 4.78 is -0.287. The molecule has 0 spiro atoms. The molecule has 78 valence electrons. The molecule has 1 N–H and O–H groups in total. The predicted octanol–water partition coefficient (Wildman–Crippen LogP) is 2.84. The predicted molar refractivity (Wildman–Crippen MR) is 63.6 cm³/mol. The van der Waals surface area contributed by atoms with Crippen LogP contribution >= 0.6 is 31.9 Å². The van der Waals surface area contributed by atoms with E-state index in [2.05, 4.69) is 37.2 Å². The quantitative estimate of drug-likeness (QED) is 0.812. The van der Waals surface area contributed by atoms with Crippen molar-refractivity contribution in [3.63, 3.8) is 0 Å². The lowest BCUT2D eigenvalue weighted by Gasteiger charge is -2.34. The summed E-state index contributed by atoms with van der Waals surface area (Å²) in [4.78, 5) is 11.7. The van der Waals surface area contributed by atoms with E-state index >= 15 is 0 Å². The van der Waals surface area contributed by atoms with Gasteiger partial charge in [-0.3, -0.25) is 4.79 Å². The number of alkyl halides is 2. The molecule has 0 bridgehead atoms.